The minimum absolute atomic E-state index is 0.0261. The number of carbonyl (C=O) groups excluding carboxylic acids is 1. The lowest BCUT2D eigenvalue weighted by molar-refractivity contribution is -0.163. The zero-order valence-electron chi connectivity index (χ0n) is 16.3. The number of hydrogen-bond acceptors (Lipinski definition) is 4. The molecule has 1 saturated heterocycles. The van der Waals surface area contributed by atoms with Crippen molar-refractivity contribution < 1.29 is 19.8 Å². The number of benzene rings is 1. The second kappa shape index (κ2) is 8.14. The molecule has 0 aliphatic carbocycles. The van der Waals surface area contributed by atoms with Crippen LogP contribution < -0.4 is 0 Å². The molecule has 7 nitrogen and oxygen atoms in total. The van der Waals surface area contributed by atoms with E-state index in [2.05, 4.69) is 4.98 Å². The quantitative estimate of drug-likeness (QED) is 0.797. The molecule has 150 valence electrons. The molecule has 0 bridgehead atoms. The minimum Gasteiger partial charge on any atom is -0.481 e. The van der Waals surface area contributed by atoms with Gasteiger partial charge < -0.3 is 19.7 Å². The number of aliphatic hydroxyl groups excluding tert-OH is 1. The first kappa shape index (κ1) is 20.1. The number of imidazole rings is 1. The number of amides is 1. The van der Waals surface area contributed by atoms with Crippen LogP contribution in [0.2, 0.25) is 0 Å². The fourth-order valence-corrected chi connectivity index (χ4v) is 3.73. The summed E-state index contributed by atoms with van der Waals surface area (Å²) < 4.78 is 1.84. The Morgan fingerprint density at radius 3 is 2.57 bits per heavy atom. The molecular weight excluding hydrogens is 358 g/mol. The molecule has 0 unspecified atom stereocenters. The van der Waals surface area contributed by atoms with Gasteiger partial charge in [-0.2, -0.15) is 0 Å². The normalized spacial score (nSPS) is 22.4. The monoisotopic (exact) mass is 385 g/mol. The van der Waals surface area contributed by atoms with E-state index in [1.807, 2.05) is 36.7 Å². The Balaban J connectivity index is 1.78. The summed E-state index contributed by atoms with van der Waals surface area (Å²) >= 11 is 0. The zero-order chi connectivity index (χ0) is 20.3. The Kier molecular flexibility index (Phi) is 5.84. The number of aromatic nitrogens is 2. The third kappa shape index (κ3) is 3.94. The summed E-state index contributed by atoms with van der Waals surface area (Å²) in [5, 5.41) is 20.4. The minimum atomic E-state index is -1.31. The number of likely N-dealkylation sites (tertiary alicyclic amines) is 1. The van der Waals surface area contributed by atoms with E-state index in [1.165, 1.54) is 0 Å². The first-order valence-electron chi connectivity index (χ1n) is 9.62. The van der Waals surface area contributed by atoms with Crippen molar-refractivity contribution in [1.29, 1.82) is 0 Å². The molecule has 28 heavy (non-hydrogen) atoms. The summed E-state index contributed by atoms with van der Waals surface area (Å²) in [5.41, 5.74) is 0.0814. The Morgan fingerprint density at radius 1 is 1.29 bits per heavy atom. The number of aliphatic hydroxyl groups is 1. The van der Waals surface area contributed by atoms with Crippen molar-refractivity contribution in [2.75, 3.05) is 13.1 Å². The van der Waals surface area contributed by atoms with Crippen molar-refractivity contribution in [1.82, 2.24) is 14.5 Å². The van der Waals surface area contributed by atoms with Crippen LogP contribution >= 0.6 is 0 Å². The number of piperidine rings is 1. The SMILES string of the molecule is CC(C)CC[C@@]1(C(=O)O)CN(C(=O)c2ccc(-n3ccnc3)cc2)CC[C@@H]1O. The lowest BCUT2D eigenvalue weighted by Gasteiger charge is -2.43. The largest absolute Gasteiger partial charge is 0.481 e. The highest BCUT2D eigenvalue weighted by atomic mass is 16.4. The van der Waals surface area contributed by atoms with Gasteiger partial charge in [0.25, 0.3) is 5.91 Å². The molecule has 1 aliphatic heterocycles. The van der Waals surface area contributed by atoms with Crippen LogP contribution in [-0.4, -0.2) is 55.7 Å². The van der Waals surface area contributed by atoms with Crippen LogP contribution in [0.3, 0.4) is 0 Å². The molecule has 1 aromatic carbocycles. The van der Waals surface area contributed by atoms with Crippen LogP contribution in [-0.2, 0) is 4.79 Å². The maximum atomic E-state index is 13.0. The maximum Gasteiger partial charge on any atom is 0.314 e. The summed E-state index contributed by atoms with van der Waals surface area (Å²) in [4.78, 5) is 30.6. The van der Waals surface area contributed by atoms with Crippen LogP contribution in [0.5, 0.6) is 0 Å². The van der Waals surface area contributed by atoms with Crippen molar-refractivity contribution in [2.24, 2.45) is 11.3 Å². The van der Waals surface area contributed by atoms with Crippen LogP contribution in [0.25, 0.3) is 5.69 Å². The van der Waals surface area contributed by atoms with Crippen LogP contribution in [0, 0.1) is 11.3 Å². The van der Waals surface area contributed by atoms with Crippen molar-refractivity contribution in [2.45, 2.75) is 39.2 Å². The van der Waals surface area contributed by atoms with Crippen molar-refractivity contribution in [3.8, 4) is 5.69 Å². The molecule has 1 amide bonds. The summed E-state index contributed by atoms with van der Waals surface area (Å²) in [5.74, 6) is -0.918. The molecule has 2 aromatic rings. The van der Waals surface area contributed by atoms with Crippen molar-refractivity contribution in [3.63, 3.8) is 0 Å². The van der Waals surface area contributed by atoms with Gasteiger partial charge in [-0.25, -0.2) is 4.98 Å². The summed E-state index contributed by atoms with van der Waals surface area (Å²) in [6, 6.07) is 7.13. The molecule has 0 spiro atoms. The van der Waals surface area contributed by atoms with Gasteiger partial charge in [-0.15, -0.1) is 0 Å². The third-order valence-corrected chi connectivity index (χ3v) is 5.58. The lowest BCUT2D eigenvalue weighted by atomic mass is 9.72. The van der Waals surface area contributed by atoms with Crippen LogP contribution in [0.4, 0.5) is 0 Å². The number of hydrogen-bond donors (Lipinski definition) is 2. The van der Waals surface area contributed by atoms with Gasteiger partial charge in [-0.1, -0.05) is 13.8 Å². The predicted molar refractivity (Wildman–Crippen MR) is 104 cm³/mol. The van der Waals surface area contributed by atoms with Crippen molar-refractivity contribution >= 4 is 11.9 Å². The highest BCUT2D eigenvalue weighted by molar-refractivity contribution is 5.95. The van der Waals surface area contributed by atoms with Gasteiger partial charge in [0.1, 0.15) is 5.41 Å². The molecule has 1 aliphatic rings. The number of carboxylic acids is 1. The summed E-state index contributed by atoms with van der Waals surface area (Å²) in [6.45, 7) is 4.42. The Morgan fingerprint density at radius 2 is 2.00 bits per heavy atom. The predicted octanol–water partition coefficient (Wildman–Crippen LogP) is 2.59. The van der Waals surface area contributed by atoms with Crippen LogP contribution in [0.15, 0.2) is 43.0 Å². The molecule has 2 heterocycles. The average Bonchev–Trinajstić information content (AvgIpc) is 3.21. The fraction of sp³-hybridized carbons (Fsp3) is 0.476. The van der Waals surface area contributed by atoms with E-state index in [-0.39, 0.29) is 18.9 Å². The van der Waals surface area contributed by atoms with Gasteiger partial charge in [0, 0.05) is 36.7 Å². The summed E-state index contributed by atoms with van der Waals surface area (Å²) in [7, 11) is 0. The van der Waals surface area contributed by atoms with Gasteiger partial charge >= 0.3 is 5.97 Å². The third-order valence-electron chi connectivity index (χ3n) is 5.58. The van der Waals surface area contributed by atoms with Gasteiger partial charge in [0.05, 0.1) is 12.4 Å². The highest BCUT2D eigenvalue weighted by Gasteiger charge is 2.49. The second-order valence-electron chi connectivity index (χ2n) is 7.94. The van der Waals surface area contributed by atoms with E-state index in [9.17, 15) is 19.8 Å². The molecule has 0 saturated carbocycles. The van der Waals surface area contributed by atoms with Gasteiger partial charge in [-0.3, -0.25) is 9.59 Å². The topological polar surface area (TPSA) is 95.7 Å². The molecule has 2 atom stereocenters. The zero-order valence-corrected chi connectivity index (χ0v) is 16.3. The molecule has 0 radical (unpaired) electrons. The Hall–Kier alpha value is -2.67. The Labute approximate surface area is 164 Å². The van der Waals surface area contributed by atoms with E-state index >= 15 is 0 Å². The maximum absolute atomic E-state index is 13.0. The molecule has 2 N–H and O–H groups in total. The van der Waals surface area contributed by atoms with E-state index in [1.54, 1.807) is 29.6 Å². The number of carbonyl (C=O) groups is 2. The second-order valence-corrected chi connectivity index (χ2v) is 7.94. The lowest BCUT2D eigenvalue weighted by Crippen LogP contribution is -2.57. The first-order chi connectivity index (χ1) is 13.3. The molecule has 1 fully saturated rings. The first-order valence-corrected chi connectivity index (χ1v) is 9.62. The van der Waals surface area contributed by atoms with E-state index in [0.717, 1.165) is 5.69 Å². The van der Waals surface area contributed by atoms with Crippen LogP contribution in [0.1, 0.15) is 43.5 Å². The van der Waals surface area contributed by atoms with E-state index < -0.39 is 17.5 Å². The average molecular weight is 385 g/mol. The molecular formula is C21H27N3O4. The molecule has 7 heteroatoms. The molecule has 1 aromatic heterocycles. The smallest absolute Gasteiger partial charge is 0.314 e. The van der Waals surface area contributed by atoms with Gasteiger partial charge in [0.15, 0.2) is 0 Å². The van der Waals surface area contributed by atoms with Gasteiger partial charge in [-0.05, 0) is 49.4 Å². The number of rotatable bonds is 6. The Bertz CT molecular complexity index is 817. The number of aliphatic carboxylic acids is 1. The summed E-state index contributed by atoms with van der Waals surface area (Å²) in [6.07, 6.45) is 5.54. The van der Waals surface area contributed by atoms with E-state index in [4.69, 9.17) is 0 Å². The number of nitrogens with zero attached hydrogens (tertiary/aromatic N) is 3. The molecule has 3 rings (SSSR count). The van der Waals surface area contributed by atoms with E-state index in [0.29, 0.717) is 30.9 Å². The van der Waals surface area contributed by atoms with Crippen molar-refractivity contribution in [3.05, 3.63) is 48.5 Å². The number of carboxylic acid groups (broad SMARTS) is 1. The fourth-order valence-electron chi connectivity index (χ4n) is 3.73. The highest BCUT2D eigenvalue weighted by Crippen LogP contribution is 2.37. The standard InChI is InChI=1S/C21H27N3O4/c1-15(2)7-9-21(20(27)28)13-23(11-8-18(21)25)19(26)16-3-5-17(6-4-16)24-12-10-22-14-24/h3-6,10,12,14-15,18,25H,7-9,11,13H2,1-2H3,(H,27,28)/t18-,21+/m0/s1. The van der Waals surface area contributed by atoms with Gasteiger partial charge in [0.2, 0.25) is 0 Å².